The third-order valence-electron chi connectivity index (χ3n) is 8.92. The van der Waals surface area contributed by atoms with Crippen LogP contribution in [0.2, 0.25) is 0 Å². The van der Waals surface area contributed by atoms with Crippen molar-refractivity contribution in [3.05, 3.63) is 129 Å². The third-order valence-corrected chi connectivity index (χ3v) is 123. The van der Waals surface area contributed by atoms with Gasteiger partial charge in [-0.05, 0) is 137 Å². The molecule has 0 aliphatic heterocycles. The van der Waals surface area contributed by atoms with E-state index in [9.17, 15) is 14.4 Å². The van der Waals surface area contributed by atoms with Crippen LogP contribution in [0.3, 0.4) is 0 Å². The van der Waals surface area contributed by atoms with Crippen molar-refractivity contribution in [2.75, 3.05) is 0 Å². The summed E-state index contributed by atoms with van der Waals surface area (Å²) in [5, 5.41) is 8.43. The number of rotatable bonds is 9. The van der Waals surface area contributed by atoms with Crippen molar-refractivity contribution >= 4 is 608 Å². The molecule has 9 nitrogen and oxygen atoms in total. The molecule has 71 heteroatoms. The molecule has 3 fully saturated rings. The summed E-state index contributed by atoms with van der Waals surface area (Å²) in [5.41, 5.74) is 9.93. The first-order valence-corrected chi connectivity index (χ1v) is 103. The number of pyridine rings is 4. The smallest absolute Gasteiger partial charge is 0.354 e. The first-order chi connectivity index (χ1) is 52.8. The van der Waals surface area contributed by atoms with Crippen LogP contribution in [0.15, 0.2) is 95.2 Å². The van der Waals surface area contributed by atoms with E-state index in [1.807, 2.05) is 42.5 Å². The minimum Gasteiger partial charge on any atom is -0.477 e. The molecule has 0 bridgehead atoms. The van der Waals surface area contributed by atoms with Crippen molar-refractivity contribution in [1.82, 2.24) is 19.9 Å². The molecule has 0 aromatic carbocycles. The molecule has 7 rings (SSSR count). The van der Waals surface area contributed by atoms with E-state index in [1.165, 1.54) is 72.2 Å². The van der Waals surface area contributed by atoms with E-state index in [2.05, 4.69) is 65.0 Å². The largest absolute Gasteiger partial charge is 0.477 e. The van der Waals surface area contributed by atoms with Crippen LogP contribution in [0.1, 0.15) is 101 Å². The third kappa shape index (κ3) is 77.8. The van der Waals surface area contributed by atoms with Gasteiger partial charge in [-0.2, -0.15) is 0 Å². The van der Waals surface area contributed by atoms with Gasteiger partial charge in [0.15, 0.2) is 11.6 Å². The molecule has 0 saturated heterocycles. The van der Waals surface area contributed by atoms with Gasteiger partial charge in [-0.15, -0.1) is 0 Å². The molecule has 0 spiro atoms. The number of carbonyl (C=O) groups excluding carboxylic acids is 2. The minimum absolute atomic E-state index is 0. The Balaban J connectivity index is 0.00000126. The summed E-state index contributed by atoms with van der Waals surface area (Å²) in [5.74, 6) is 0.522. The number of nitrogens with zero attached hydrogens (tertiary/aromatic N) is 4. The minimum atomic E-state index is -1.01. The number of halogens is 2. The van der Waals surface area contributed by atoms with Crippen LogP contribution < -0.4 is 5.73 Å². The zero-order valence-electron chi connectivity index (χ0n) is 50.8. The summed E-state index contributed by atoms with van der Waals surface area (Å²) in [7, 11) is 92.5. The Morgan fingerprint density at radius 3 is 0.789 bits per heavy atom. The molecular formula is C38H41Br2N5O4S60. The Morgan fingerprint density at radius 1 is 0.349 bits per heavy atom. The van der Waals surface area contributed by atoms with Crippen LogP contribution in [-0.2, 0) is 547 Å². The van der Waals surface area contributed by atoms with Crippen molar-refractivity contribution in [1.29, 1.82) is 0 Å². The molecule has 4 aromatic heterocycles. The SMILES string of the molecule is C.C=Cc1cccc(C(=O)C2CC2)n1.C=Cc1cccc(C(N)C2CC2)n1.O=C(O)c1cccc(Br)n1.O=C(c1cccc(Br)n1)C1CC1.S=S=S=S=S=S=S=S=S=S=S=S=S=S=S=S=S=S=S.S=S=S=S=S=S=S=S=S=S=S=S=S=S=S=S=S=S=S=S.S=S=S=S=S=S=S=S=S=S=S=S=S=S=S=S=S=S=S=S=S. The summed E-state index contributed by atoms with van der Waals surface area (Å²) in [6.07, 6.45) is 10.0. The molecule has 3 saturated carbocycles. The number of Topliss-reactive ketones (excluding diaryl/α,β-unsaturated/α-hetero) is 2. The Labute approximate surface area is 833 Å². The fraction of sp³-hybridized carbons (Fsp3) is 0.289. The Morgan fingerprint density at radius 2 is 0.569 bits per heavy atom. The van der Waals surface area contributed by atoms with E-state index in [4.69, 9.17) is 78.0 Å². The highest BCUT2D eigenvalue weighted by molar-refractivity contribution is 9.10. The zero-order valence-corrected chi connectivity index (χ0v) is 103. The Hall–Kier alpha value is 9.01. The number of aromatic nitrogens is 4. The van der Waals surface area contributed by atoms with Crippen LogP contribution in [0, 0.1) is 17.8 Å². The van der Waals surface area contributed by atoms with E-state index in [-0.39, 0.29) is 42.6 Å². The van der Waals surface area contributed by atoms with Gasteiger partial charge in [-0.1, -0.05) is 44.8 Å². The van der Waals surface area contributed by atoms with Crippen molar-refractivity contribution in [2.24, 2.45) is 23.5 Å². The maximum atomic E-state index is 11.6. The van der Waals surface area contributed by atoms with Gasteiger partial charge >= 0.3 is 5.97 Å². The quantitative estimate of drug-likeness (QED) is 0.121. The fourth-order valence-corrected chi connectivity index (χ4v) is 137. The number of hydrogen-bond acceptors (Lipinski definition) is 14. The van der Waals surface area contributed by atoms with Crippen LogP contribution >= 0.6 is 31.9 Å². The summed E-state index contributed by atoms with van der Waals surface area (Å²) in [6.45, 7) is 7.31. The zero-order chi connectivity index (χ0) is 78.8. The highest BCUT2D eigenvalue weighted by Crippen LogP contribution is 2.39. The summed E-state index contributed by atoms with van der Waals surface area (Å²) in [4.78, 5) is 49.7. The van der Waals surface area contributed by atoms with Crippen LogP contribution in [-0.4, -0.2) is 42.6 Å². The van der Waals surface area contributed by atoms with Gasteiger partial charge in [0, 0.05) is 565 Å². The predicted molar refractivity (Wildman–Crippen MR) is 642 cm³/mol. The molecule has 0 radical (unpaired) electrons. The lowest BCUT2D eigenvalue weighted by Gasteiger charge is -2.09. The van der Waals surface area contributed by atoms with E-state index in [0.717, 1.165) is 47.4 Å². The average Bonchev–Trinajstić information content (AvgIpc) is 1.73. The Bertz CT molecular complexity index is 6330. The first kappa shape index (κ1) is 118. The van der Waals surface area contributed by atoms with E-state index >= 15 is 0 Å². The Kier molecular flexibility index (Phi) is 97.8. The number of carbonyl (C=O) groups is 3. The number of carboxylic acids is 1. The highest BCUT2D eigenvalue weighted by Gasteiger charge is 2.32. The number of hydrogen-bond donors (Lipinski definition) is 2. The van der Waals surface area contributed by atoms with Gasteiger partial charge in [0.05, 0.1) is 17.1 Å². The molecule has 4 aromatic rings. The number of ketones is 2. The predicted octanol–water partition coefficient (Wildman–Crippen LogP) is 8.92. The molecule has 616 valence electrons. The van der Waals surface area contributed by atoms with Crippen molar-refractivity contribution in [3.8, 4) is 0 Å². The summed E-state index contributed by atoms with van der Waals surface area (Å²) >= 11 is 34.8. The molecular weight excluding hydrogens is 2670 g/mol. The lowest BCUT2D eigenvalue weighted by atomic mass is 10.1. The number of nitrogens with two attached hydrogens (primary N) is 1. The maximum absolute atomic E-state index is 11.6. The van der Waals surface area contributed by atoms with Crippen LogP contribution in [0.4, 0.5) is 0 Å². The molecule has 1 unspecified atom stereocenters. The summed E-state index contributed by atoms with van der Waals surface area (Å²) in [6, 6.07) is 21.7. The molecule has 3 N–H and O–H groups in total. The number of aromatic carboxylic acids is 1. The maximum Gasteiger partial charge on any atom is 0.354 e. The van der Waals surface area contributed by atoms with Crippen molar-refractivity contribution in [3.63, 3.8) is 0 Å². The molecule has 1 atom stereocenters. The van der Waals surface area contributed by atoms with Gasteiger partial charge in [-0.3, -0.25) is 14.6 Å². The molecule has 3 aliphatic rings. The lowest BCUT2D eigenvalue weighted by molar-refractivity contribution is 0.0689. The summed E-state index contributed by atoms with van der Waals surface area (Å²) < 4.78 is 1.27. The monoisotopic (exact) mass is 2710 g/mol. The normalized spacial score (nSPS) is 10.7. The van der Waals surface area contributed by atoms with E-state index < -0.39 is 5.97 Å². The van der Waals surface area contributed by atoms with Gasteiger partial charge in [0.2, 0.25) is 0 Å². The second-order valence-corrected chi connectivity index (χ2v) is 112. The lowest BCUT2D eigenvalue weighted by Crippen LogP contribution is -2.14. The van der Waals surface area contributed by atoms with E-state index in [1.54, 1.807) is 463 Å². The van der Waals surface area contributed by atoms with Crippen molar-refractivity contribution in [2.45, 2.75) is 52.0 Å². The highest BCUT2D eigenvalue weighted by atomic mass is 79.9. The van der Waals surface area contributed by atoms with Crippen LogP contribution in [0.5, 0.6) is 0 Å². The fourth-order valence-electron chi connectivity index (χ4n) is 4.89. The average molecular weight is 2720 g/mol. The standard InChI is InChI=1S/C11H14N2.C11H11NO.C9H8BrNO.C6H4BrNO2.CH4.S21.S20.S19/c1-2-9-4-3-5-10(13-9)11(12)8-6-7-8;1-2-9-4-3-5-10(12-9)11(13)8-6-7-8;10-8-3-1-2-7(11-8)9(12)6-4-5-6;7-5-3-1-2-4(8-5)6(9)10;;1-3-5-7-9-11-13-15-17-19-21-20-18-16-14-12-10-8-6-4-2;1-3-5-7-9-11-13-15-17-19-20-18-16-14-12-10-8-6-4-2;1-3-5-7-9-11-13-15-17-19-18-16-14-12-10-8-6-4-2/h2-5,8,11H,1,6-7,12H2;2-5,8H,1,6-7H2;1-3,6H,4-5H2;1-3H,(H,9,10);1H4;;;. The molecule has 4 heterocycles. The molecule has 3 aliphatic carbocycles. The van der Waals surface area contributed by atoms with Crippen molar-refractivity contribution < 1.29 is 19.5 Å². The topological polar surface area (TPSA) is 149 Å². The molecule has 109 heavy (non-hydrogen) atoms. The van der Waals surface area contributed by atoms with Gasteiger partial charge in [0.25, 0.3) is 0 Å². The van der Waals surface area contributed by atoms with Crippen LogP contribution in [0.25, 0.3) is 12.2 Å². The molecule has 0 amide bonds. The van der Waals surface area contributed by atoms with Gasteiger partial charge in [0.1, 0.15) is 26.3 Å². The first-order valence-electron chi connectivity index (χ1n) is 25.1. The van der Waals surface area contributed by atoms with Gasteiger partial charge in [-0.25, -0.2) is 19.7 Å². The van der Waals surface area contributed by atoms with E-state index in [0.29, 0.717) is 21.9 Å². The second-order valence-electron chi connectivity index (χ2n) is 15.2. The second kappa shape index (κ2) is 90.4. The number of carboxylic acid groups (broad SMARTS) is 1. The van der Waals surface area contributed by atoms with Gasteiger partial charge < -0.3 is 10.8 Å².